The predicted molar refractivity (Wildman–Crippen MR) is 78.2 cm³/mol. The summed E-state index contributed by atoms with van der Waals surface area (Å²) in [6.07, 6.45) is 0. The lowest BCUT2D eigenvalue weighted by Crippen LogP contribution is -2.28. The Hall–Kier alpha value is -1.48. The first-order valence-electron chi connectivity index (χ1n) is 6.02. The molecule has 0 fully saturated rings. The number of hydrogen-bond donors (Lipinski definition) is 1. The summed E-state index contributed by atoms with van der Waals surface area (Å²) in [4.78, 5) is 0. The van der Waals surface area contributed by atoms with Crippen molar-refractivity contribution in [3.05, 3.63) is 46.9 Å². The molecule has 92 valence electrons. The molecule has 18 heavy (non-hydrogen) atoms. The third kappa shape index (κ3) is 2.23. The second-order valence-corrected chi connectivity index (χ2v) is 5.49. The molecule has 3 heteroatoms. The maximum Gasteiger partial charge on any atom is 0.142 e. The number of ether oxygens (including phenoxy) is 1. The fourth-order valence-electron chi connectivity index (χ4n) is 2.11. The number of fused-ring (bicyclic) bond motifs is 1. The van der Waals surface area contributed by atoms with Crippen LogP contribution < -0.4 is 10.1 Å². The minimum absolute atomic E-state index is 0.359. The molecule has 0 saturated heterocycles. The van der Waals surface area contributed by atoms with Gasteiger partial charge in [-0.25, -0.2) is 0 Å². The molecule has 1 atom stereocenters. The molecule has 0 radical (unpaired) electrons. The van der Waals surface area contributed by atoms with E-state index in [1.54, 1.807) is 0 Å². The normalized spacial score (nSPS) is 17.6. The summed E-state index contributed by atoms with van der Waals surface area (Å²) in [5.74, 6) is 0.939. The van der Waals surface area contributed by atoms with Crippen LogP contribution in [-0.2, 0) is 0 Å². The third-order valence-corrected chi connectivity index (χ3v) is 3.58. The molecule has 1 aliphatic heterocycles. The van der Waals surface area contributed by atoms with Crippen LogP contribution in [0.4, 0.5) is 5.69 Å². The largest absolute Gasteiger partial charge is 0.489 e. The van der Waals surface area contributed by atoms with Gasteiger partial charge in [-0.2, -0.15) is 0 Å². The molecule has 2 nitrogen and oxygen atoms in total. The van der Waals surface area contributed by atoms with Crippen LogP contribution in [0, 0.1) is 0 Å². The Bertz CT molecular complexity index is 565. The summed E-state index contributed by atoms with van der Waals surface area (Å²) in [7, 11) is 0. The molecule has 3 rings (SSSR count). The zero-order valence-electron chi connectivity index (χ0n) is 10.1. The van der Waals surface area contributed by atoms with Crippen molar-refractivity contribution in [3.8, 4) is 16.9 Å². The number of anilines is 1. The van der Waals surface area contributed by atoms with E-state index < -0.39 is 0 Å². The van der Waals surface area contributed by atoms with Crippen molar-refractivity contribution in [1.29, 1.82) is 0 Å². The van der Waals surface area contributed by atoms with E-state index in [1.165, 1.54) is 11.1 Å². The first-order chi connectivity index (χ1) is 8.72. The van der Waals surface area contributed by atoms with Gasteiger partial charge >= 0.3 is 0 Å². The van der Waals surface area contributed by atoms with Crippen molar-refractivity contribution in [1.82, 2.24) is 0 Å². The Labute approximate surface area is 115 Å². The Balaban J connectivity index is 1.99. The zero-order valence-corrected chi connectivity index (χ0v) is 11.7. The molecule has 1 N–H and O–H groups in total. The van der Waals surface area contributed by atoms with E-state index in [1.807, 2.05) is 6.07 Å². The van der Waals surface area contributed by atoms with E-state index >= 15 is 0 Å². The lowest BCUT2D eigenvalue weighted by molar-refractivity contribution is 0.292. The van der Waals surface area contributed by atoms with Crippen LogP contribution in [0.15, 0.2) is 46.9 Å². The quantitative estimate of drug-likeness (QED) is 0.847. The van der Waals surface area contributed by atoms with Gasteiger partial charge in [-0.1, -0.05) is 34.1 Å². The van der Waals surface area contributed by atoms with Crippen LogP contribution in [-0.4, -0.2) is 12.6 Å². The van der Waals surface area contributed by atoms with Gasteiger partial charge in [-0.15, -0.1) is 0 Å². The molecular formula is C15H14BrNO. The zero-order chi connectivity index (χ0) is 12.5. The summed E-state index contributed by atoms with van der Waals surface area (Å²) in [6, 6.07) is 15.0. The molecular weight excluding hydrogens is 290 g/mol. The number of rotatable bonds is 1. The summed E-state index contributed by atoms with van der Waals surface area (Å²) >= 11 is 3.45. The maximum absolute atomic E-state index is 5.68. The Morgan fingerprint density at radius 3 is 2.61 bits per heavy atom. The van der Waals surface area contributed by atoms with E-state index in [2.05, 4.69) is 64.6 Å². The summed E-state index contributed by atoms with van der Waals surface area (Å²) in [5, 5.41) is 3.45. The van der Waals surface area contributed by atoms with Gasteiger partial charge in [-0.3, -0.25) is 0 Å². The molecule has 0 amide bonds. The van der Waals surface area contributed by atoms with Crippen LogP contribution in [0.25, 0.3) is 11.1 Å². The van der Waals surface area contributed by atoms with Crippen molar-refractivity contribution in [2.24, 2.45) is 0 Å². The van der Waals surface area contributed by atoms with Crippen molar-refractivity contribution in [3.63, 3.8) is 0 Å². The van der Waals surface area contributed by atoms with Gasteiger partial charge in [0.15, 0.2) is 0 Å². The van der Waals surface area contributed by atoms with E-state index in [0.29, 0.717) is 6.04 Å². The van der Waals surface area contributed by atoms with Crippen molar-refractivity contribution in [2.75, 3.05) is 11.9 Å². The number of hydrogen-bond acceptors (Lipinski definition) is 2. The highest BCUT2D eigenvalue weighted by molar-refractivity contribution is 9.10. The lowest BCUT2D eigenvalue weighted by atomic mass is 10.0. The molecule has 1 unspecified atom stereocenters. The van der Waals surface area contributed by atoms with E-state index in [9.17, 15) is 0 Å². The van der Waals surface area contributed by atoms with Gasteiger partial charge in [0.2, 0.25) is 0 Å². The summed E-state index contributed by atoms with van der Waals surface area (Å²) in [6.45, 7) is 2.85. The second-order valence-electron chi connectivity index (χ2n) is 4.57. The van der Waals surface area contributed by atoms with Crippen LogP contribution >= 0.6 is 15.9 Å². The molecule has 0 aromatic heterocycles. The van der Waals surface area contributed by atoms with Gasteiger partial charge in [0, 0.05) is 4.47 Å². The fraction of sp³-hybridized carbons (Fsp3) is 0.200. The molecule has 1 heterocycles. The monoisotopic (exact) mass is 303 g/mol. The van der Waals surface area contributed by atoms with Gasteiger partial charge in [-0.05, 0) is 42.3 Å². The third-order valence-electron chi connectivity index (χ3n) is 3.05. The molecule has 2 aromatic rings. The van der Waals surface area contributed by atoms with Crippen LogP contribution in [0.3, 0.4) is 0 Å². The maximum atomic E-state index is 5.68. The van der Waals surface area contributed by atoms with Gasteiger partial charge in [0.05, 0.1) is 11.7 Å². The highest BCUT2D eigenvalue weighted by Crippen LogP contribution is 2.33. The predicted octanol–water partition coefficient (Wildman–Crippen LogP) is 4.31. The van der Waals surface area contributed by atoms with Crippen molar-refractivity contribution < 1.29 is 4.74 Å². The molecule has 0 aliphatic carbocycles. The smallest absolute Gasteiger partial charge is 0.142 e. The molecule has 2 aromatic carbocycles. The first kappa shape index (κ1) is 11.6. The van der Waals surface area contributed by atoms with E-state index in [4.69, 9.17) is 4.74 Å². The molecule has 0 saturated carbocycles. The molecule has 0 bridgehead atoms. The fourth-order valence-corrected chi connectivity index (χ4v) is 2.38. The van der Waals surface area contributed by atoms with Crippen LogP contribution in [0.2, 0.25) is 0 Å². The molecule has 1 aliphatic rings. The standard InChI is InChI=1S/C15H14BrNO/c1-10-9-18-15-7-4-12(8-14(15)17-10)11-2-5-13(16)6-3-11/h2-8,10,17H,9H2,1H3. The Kier molecular flexibility index (Phi) is 3.00. The number of benzene rings is 2. The lowest BCUT2D eigenvalue weighted by Gasteiger charge is -2.25. The number of nitrogens with one attached hydrogen (secondary N) is 1. The average molecular weight is 304 g/mol. The van der Waals surface area contributed by atoms with E-state index in [0.717, 1.165) is 22.5 Å². The Morgan fingerprint density at radius 1 is 1.11 bits per heavy atom. The van der Waals surface area contributed by atoms with Crippen LogP contribution in [0.5, 0.6) is 5.75 Å². The highest BCUT2D eigenvalue weighted by Gasteiger charge is 2.15. The van der Waals surface area contributed by atoms with Crippen LogP contribution in [0.1, 0.15) is 6.92 Å². The van der Waals surface area contributed by atoms with Gasteiger partial charge in [0.25, 0.3) is 0 Å². The Morgan fingerprint density at radius 2 is 1.83 bits per heavy atom. The highest BCUT2D eigenvalue weighted by atomic mass is 79.9. The number of halogens is 1. The van der Waals surface area contributed by atoms with Crippen molar-refractivity contribution in [2.45, 2.75) is 13.0 Å². The SMILES string of the molecule is CC1COc2ccc(-c3ccc(Br)cc3)cc2N1. The summed E-state index contributed by atoms with van der Waals surface area (Å²) in [5.41, 5.74) is 3.49. The first-order valence-corrected chi connectivity index (χ1v) is 6.81. The average Bonchev–Trinajstić information content (AvgIpc) is 2.38. The van der Waals surface area contributed by atoms with Crippen molar-refractivity contribution >= 4 is 21.6 Å². The molecule has 0 spiro atoms. The van der Waals surface area contributed by atoms with Gasteiger partial charge in [0.1, 0.15) is 12.4 Å². The minimum Gasteiger partial charge on any atom is -0.489 e. The topological polar surface area (TPSA) is 21.3 Å². The minimum atomic E-state index is 0.359. The van der Waals surface area contributed by atoms with Gasteiger partial charge < -0.3 is 10.1 Å². The van der Waals surface area contributed by atoms with E-state index in [-0.39, 0.29) is 0 Å². The second kappa shape index (κ2) is 4.65. The summed E-state index contributed by atoms with van der Waals surface area (Å²) < 4.78 is 6.77.